The lowest BCUT2D eigenvalue weighted by Gasteiger charge is -2.50. The Morgan fingerprint density at radius 2 is 2.24 bits per heavy atom. The van der Waals surface area contributed by atoms with Crippen molar-refractivity contribution in [2.45, 2.75) is 31.2 Å². The molecule has 1 unspecified atom stereocenters. The first-order valence-corrected chi connectivity index (χ1v) is 6.31. The molecule has 17 heavy (non-hydrogen) atoms. The van der Waals surface area contributed by atoms with E-state index in [-0.39, 0.29) is 5.54 Å². The summed E-state index contributed by atoms with van der Waals surface area (Å²) in [5, 5.41) is 10.2. The Balaban J connectivity index is 2.15. The van der Waals surface area contributed by atoms with E-state index in [4.69, 9.17) is 0 Å². The van der Waals surface area contributed by atoms with Crippen molar-refractivity contribution in [2.24, 2.45) is 0 Å². The van der Waals surface area contributed by atoms with Crippen molar-refractivity contribution in [3.8, 4) is 0 Å². The molecule has 2 aliphatic heterocycles. The van der Waals surface area contributed by atoms with Crippen LogP contribution in [-0.4, -0.2) is 34.9 Å². The van der Waals surface area contributed by atoms with Crippen molar-refractivity contribution in [1.82, 2.24) is 4.90 Å². The number of aliphatic hydroxyl groups excluding tert-OH is 1. The molecule has 1 spiro atoms. The minimum Gasteiger partial charge on any atom is -0.512 e. The van der Waals surface area contributed by atoms with Crippen molar-refractivity contribution in [2.75, 3.05) is 13.1 Å². The zero-order chi connectivity index (χ0) is 11.9. The predicted octanol–water partition coefficient (Wildman–Crippen LogP) is 2.12. The summed E-state index contributed by atoms with van der Waals surface area (Å²) in [5.74, 6) is 0.408. The minimum absolute atomic E-state index is 0.203. The summed E-state index contributed by atoms with van der Waals surface area (Å²) in [6, 6.07) is 0. The third-order valence-corrected chi connectivity index (χ3v) is 4.20. The van der Waals surface area contributed by atoms with Gasteiger partial charge in [-0.05, 0) is 25.8 Å². The molecule has 3 rings (SSSR count). The maximum Gasteiger partial charge on any atom is 0.150 e. The fraction of sp³-hybridized carbons (Fsp3) is 0.500. The number of hydrogen-bond donors (Lipinski definition) is 1. The Morgan fingerprint density at radius 3 is 3.06 bits per heavy atom. The first kappa shape index (κ1) is 10.8. The Bertz CT molecular complexity index is 447. The lowest BCUT2D eigenvalue weighted by Crippen LogP contribution is -2.55. The molecule has 0 aromatic rings. The Morgan fingerprint density at radius 1 is 1.35 bits per heavy atom. The second-order valence-corrected chi connectivity index (χ2v) is 5.04. The molecule has 1 aliphatic carbocycles. The molecule has 3 aliphatic rings. The molecule has 1 fully saturated rings. The van der Waals surface area contributed by atoms with Gasteiger partial charge in [0.25, 0.3) is 0 Å². The van der Waals surface area contributed by atoms with Gasteiger partial charge in [-0.3, -0.25) is 9.69 Å². The maximum atomic E-state index is 11.2. The van der Waals surface area contributed by atoms with Crippen LogP contribution >= 0.6 is 0 Å². The molecule has 3 heteroatoms. The van der Waals surface area contributed by atoms with Crippen molar-refractivity contribution < 1.29 is 9.90 Å². The molecule has 0 saturated carbocycles. The number of aldehydes is 1. The minimum atomic E-state index is -0.203. The van der Waals surface area contributed by atoms with E-state index in [0.717, 1.165) is 37.8 Å². The lowest BCUT2D eigenvalue weighted by molar-refractivity contribution is -0.105. The quantitative estimate of drug-likeness (QED) is 0.703. The molecule has 90 valence electrons. The van der Waals surface area contributed by atoms with E-state index in [9.17, 15) is 9.90 Å². The predicted molar refractivity (Wildman–Crippen MR) is 65.7 cm³/mol. The van der Waals surface area contributed by atoms with E-state index in [1.165, 1.54) is 6.42 Å². The number of carbonyl (C=O) groups is 1. The molecule has 0 amide bonds. The van der Waals surface area contributed by atoms with Crippen LogP contribution in [0, 0.1) is 0 Å². The first-order valence-electron chi connectivity index (χ1n) is 6.31. The molecule has 0 aromatic heterocycles. The topological polar surface area (TPSA) is 40.5 Å². The summed E-state index contributed by atoms with van der Waals surface area (Å²) in [6.45, 7) is 1.96. The van der Waals surface area contributed by atoms with Crippen molar-refractivity contribution >= 4 is 6.29 Å². The Labute approximate surface area is 101 Å². The van der Waals surface area contributed by atoms with E-state index < -0.39 is 0 Å². The summed E-state index contributed by atoms with van der Waals surface area (Å²) in [5.41, 5.74) is 1.31. The fourth-order valence-corrected chi connectivity index (χ4v) is 3.45. The van der Waals surface area contributed by atoms with Crippen LogP contribution in [-0.2, 0) is 4.79 Å². The van der Waals surface area contributed by atoms with E-state index in [2.05, 4.69) is 11.0 Å². The van der Waals surface area contributed by atoms with E-state index in [1.54, 1.807) is 0 Å². The molecule has 2 heterocycles. The third kappa shape index (κ3) is 1.42. The molecular weight excluding hydrogens is 214 g/mol. The summed E-state index contributed by atoms with van der Waals surface area (Å²) >= 11 is 0. The Kier molecular flexibility index (Phi) is 2.44. The van der Waals surface area contributed by atoms with E-state index in [0.29, 0.717) is 17.8 Å². The molecule has 3 nitrogen and oxygen atoms in total. The van der Waals surface area contributed by atoms with Gasteiger partial charge in [-0.1, -0.05) is 18.2 Å². The highest BCUT2D eigenvalue weighted by Gasteiger charge is 2.46. The van der Waals surface area contributed by atoms with Gasteiger partial charge in [0.2, 0.25) is 0 Å². The van der Waals surface area contributed by atoms with Crippen molar-refractivity contribution in [1.29, 1.82) is 0 Å². The molecular formula is C14H17NO2. The molecule has 0 radical (unpaired) electrons. The average molecular weight is 231 g/mol. The fourth-order valence-electron chi connectivity index (χ4n) is 3.45. The normalized spacial score (nSPS) is 32.8. The highest BCUT2D eigenvalue weighted by Crippen LogP contribution is 2.45. The molecule has 0 aromatic carbocycles. The van der Waals surface area contributed by atoms with Gasteiger partial charge in [-0.2, -0.15) is 0 Å². The number of carbonyl (C=O) groups excluding carboxylic acids is 1. The third-order valence-electron chi connectivity index (χ3n) is 4.20. The zero-order valence-electron chi connectivity index (χ0n) is 9.85. The van der Waals surface area contributed by atoms with Gasteiger partial charge >= 0.3 is 0 Å². The molecule has 1 atom stereocenters. The Hall–Kier alpha value is -1.35. The molecule has 1 saturated heterocycles. The van der Waals surface area contributed by atoms with Crippen molar-refractivity contribution in [3.05, 3.63) is 35.1 Å². The van der Waals surface area contributed by atoms with Crippen LogP contribution in [0.1, 0.15) is 25.7 Å². The van der Waals surface area contributed by atoms with Gasteiger partial charge in [-0.25, -0.2) is 0 Å². The van der Waals surface area contributed by atoms with Gasteiger partial charge in [0.1, 0.15) is 0 Å². The second-order valence-electron chi connectivity index (χ2n) is 5.04. The van der Waals surface area contributed by atoms with E-state index >= 15 is 0 Å². The van der Waals surface area contributed by atoms with Crippen LogP contribution in [0.3, 0.4) is 0 Å². The SMILES string of the molecule is O=CC1=CC=CC23CCCCN2CCC(O)=C13. The number of nitrogens with zero attached hydrogens (tertiary/aromatic N) is 1. The van der Waals surface area contributed by atoms with Crippen LogP contribution in [0.2, 0.25) is 0 Å². The van der Waals surface area contributed by atoms with E-state index in [1.807, 2.05) is 12.2 Å². The van der Waals surface area contributed by atoms with Gasteiger partial charge < -0.3 is 5.11 Å². The summed E-state index contributed by atoms with van der Waals surface area (Å²) in [6.07, 6.45) is 10.8. The number of aliphatic hydroxyl groups is 1. The van der Waals surface area contributed by atoms with Crippen LogP contribution in [0.5, 0.6) is 0 Å². The van der Waals surface area contributed by atoms with Crippen LogP contribution in [0.25, 0.3) is 0 Å². The molecule has 1 N–H and O–H groups in total. The smallest absolute Gasteiger partial charge is 0.150 e. The van der Waals surface area contributed by atoms with Crippen LogP contribution in [0.4, 0.5) is 0 Å². The highest BCUT2D eigenvalue weighted by atomic mass is 16.3. The van der Waals surface area contributed by atoms with Gasteiger partial charge in [-0.15, -0.1) is 0 Å². The van der Waals surface area contributed by atoms with Gasteiger partial charge in [0, 0.05) is 24.1 Å². The summed E-state index contributed by atoms with van der Waals surface area (Å²) in [4.78, 5) is 13.6. The standard InChI is InChI=1S/C14H17NO2/c16-10-11-4-3-7-14-6-1-2-8-15(14)9-5-12(17)13(11)14/h3-4,7,10,17H,1-2,5-6,8-9H2. The second kappa shape index (κ2) is 3.84. The number of allylic oxidation sites excluding steroid dienone is 2. The maximum absolute atomic E-state index is 11.2. The first-order chi connectivity index (χ1) is 8.28. The average Bonchev–Trinajstić information content (AvgIpc) is 2.37. The van der Waals surface area contributed by atoms with Gasteiger partial charge in [0.15, 0.2) is 6.29 Å². The van der Waals surface area contributed by atoms with Gasteiger partial charge in [0.05, 0.1) is 11.3 Å². The largest absolute Gasteiger partial charge is 0.512 e. The molecule has 0 bridgehead atoms. The van der Waals surface area contributed by atoms with Crippen LogP contribution < -0.4 is 0 Å². The summed E-state index contributed by atoms with van der Waals surface area (Å²) < 4.78 is 0. The number of hydrogen-bond acceptors (Lipinski definition) is 3. The summed E-state index contributed by atoms with van der Waals surface area (Å²) in [7, 11) is 0. The number of piperidine rings is 1. The monoisotopic (exact) mass is 231 g/mol. The number of rotatable bonds is 1. The lowest BCUT2D eigenvalue weighted by atomic mass is 9.72. The van der Waals surface area contributed by atoms with Crippen LogP contribution in [0.15, 0.2) is 35.1 Å². The zero-order valence-corrected chi connectivity index (χ0v) is 9.85. The van der Waals surface area contributed by atoms with Crippen molar-refractivity contribution in [3.63, 3.8) is 0 Å². The highest BCUT2D eigenvalue weighted by molar-refractivity contribution is 5.84.